The first-order chi connectivity index (χ1) is 13.6. The van der Waals surface area contributed by atoms with Crippen molar-refractivity contribution in [1.29, 1.82) is 0 Å². The summed E-state index contributed by atoms with van der Waals surface area (Å²) < 4.78 is 16.2. The molecule has 0 unspecified atom stereocenters. The third-order valence-electron chi connectivity index (χ3n) is 5.64. The molecule has 2 aromatic rings. The van der Waals surface area contributed by atoms with Crippen molar-refractivity contribution in [3.8, 4) is 17.2 Å². The maximum atomic E-state index is 13.0. The monoisotopic (exact) mass is 385 g/mol. The third-order valence-corrected chi connectivity index (χ3v) is 5.64. The minimum Gasteiger partial charge on any atom is -0.493 e. The van der Waals surface area contributed by atoms with Gasteiger partial charge in [0.2, 0.25) is 11.7 Å². The lowest BCUT2D eigenvalue weighted by Gasteiger charge is -2.21. The molecule has 0 spiro atoms. The van der Waals surface area contributed by atoms with Crippen molar-refractivity contribution in [2.24, 2.45) is 0 Å². The molecule has 1 aromatic carbocycles. The summed E-state index contributed by atoms with van der Waals surface area (Å²) in [5.41, 5.74) is 4.62. The number of H-pyrrole nitrogens is 1. The summed E-state index contributed by atoms with van der Waals surface area (Å²) in [4.78, 5) is 14.9. The Balaban J connectivity index is 1.47. The average molecular weight is 385 g/mol. The second-order valence-corrected chi connectivity index (χ2v) is 7.43. The number of rotatable bonds is 6. The minimum absolute atomic E-state index is 0.111. The first-order valence-corrected chi connectivity index (χ1v) is 9.77. The Labute approximate surface area is 165 Å². The van der Waals surface area contributed by atoms with Crippen LogP contribution in [0.15, 0.2) is 12.1 Å². The van der Waals surface area contributed by atoms with E-state index in [9.17, 15) is 4.79 Å². The van der Waals surface area contributed by atoms with Crippen molar-refractivity contribution in [2.45, 2.75) is 38.0 Å². The van der Waals surface area contributed by atoms with Crippen molar-refractivity contribution in [3.63, 3.8) is 0 Å². The molecule has 1 aromatic heterocycles. The number of nitrogens with zero attached hydrogens (tertiary/aromatic N) is 2. The number of aromatic amines is 1. The lowest BCUT2D eigenvalue weighted by molar-refractivity contribution is -0.130. The third kappa shape index (κ3) is 3.53. The van der Waals surface area contributed by atoms with Crippen LogP contribution in [0.3, 0.4) is 0 Å². The van der Waals surface area contributed by atoms with Crippen LogP contribution in [0, 0.1) is 0 Å². The number of fused-ring (bicyclic) bond motifs is 1. The topological polar surface area (TPSA) is 76.7 Å². The van der Waals surface area contributed by atoms with E-state index >= 15 is 0 Å². The second kappa shape index (κ2) is 7.73. The molecule has 7 nitrogen and oxygen atoms in total. The number of hydrogen-bond donors (Lipinski definition) is 1. The predicted octanol–water partition coefficient (Wildman–Crippen LogP) is 2.48. The van der Waals surface area contributed by atoms with Crippen LogP contribution in [0.1, 0.15) is 41.3 Å². The number of benzene rings is 1. The molecule has 1 N–H and O–H groups in total. The molecule has 1 aliphatic carbocycles. The van der Waals surface area contributed by atoms with Gasteiger partial charge in [0, 0.05) is 31.1 Å². The highest BCUT2D eigenvalue weighted by Crippen LogP contribution is 2.42. The number of ether oxygens (including phenoxy) is 3. The van der Waals surface area contributed by atoms with Crippen LogP contribution < -0.4 is 14.2 Å². The van der Waals surface area contributed by atoms with Gasteiger partial charge in [0.1, 0.15) is 0 Å². The number of carbonyl (C=O) groups excluding carboxylic acids is 1. The number of carbonyl (C=O) groups is 1. The summed E-state index contributed by atoms with van der Waals surface area (Å²) in [7, 11) is 4.73. The van der Waals surface area contributed by atoms with Crippen LogP contribution in [0.25, 0.3) is 0 Å². The van der Waals surface area contributed by atoms with Gasteiger partial charge in [-0.3, -0.25) is 9.89 Å². The Morgan fingerprint density at radius 2 is 1.79 bits per heavy atom. The quantitative estimate of drug-likeness (QED) is 0.827. The lowest BCUT2D eigenvalue weighted by Crippen LogP contribution is -2.34. The molecule has 4 rings (SSSR count). The lowest BCUT2D eigenvalue weighted by atomic mass is 10.1. The number of amides is 1. The second-order valence-electron chi connectivity index (χ2n) is 7.43. The molecule has 2 heterocycles. The molecule has 0 atom stereocenters. The first kappa shape index (κ1) is 18.7. The number of nitrogens with one attached hydrogen (secondary N) is 1. The fraction of sp³-hybridized carbons (Fsp3) is 0.524. The first-order valence-electron chi connectivity index (χ1n) is 9.77. The predicted molar refractivity (Wildman–Crippen MR) is 104 cm³/mol. The van der Waals surface area contributed by atoms with Gasteiger partial charge in [-0.15, -0.1) is 0 Å². The molecule has 150 valence electrons. The minimum atomic E-state index is 0.111. The molecular formula is C21H27N3O4. The van der Waals surface area contributed by atoms with Crippen molar-refractivity contribution in [1.82, 2.24) is 15.1 Å². The van der Waals surface area contributed by atoms with Gasteiger partial charge in [0.05, 0.1) is 33.4 Å². The zero-order chi connectivity index (χ0) is 19.7. The van der Waals surface area contributed by atoms with E-state index in [2.05, 4.69) is 10.2 Å². The summed E-state index contributed by atoms with van der Waals surface area (Å²) in [5.74, 6) is 2.41. The molecule has 7 heteroatoms. The zero-order valence-corrected chi connectivity index (χ0v) is 16.7. The van der Waals surface area contributed by atoms with Crippen molar-refractivity contribution in [3.05, 3.63) is 34.6 Å². The van der Waals surface area contributed by atoms with Gasteiger partial charge in [-0.25, -0.2) is 0 Å². The number of aromatic nitrogens is 2. The van der Waals surface area contributed by atoms with Crippen LogP contribution >= 0.6 is 0 Å². The van der Waals surface area contributed by atoms with E-state index < -0.39 is 0 Å². The standard InChI is InChI=1S/C21H27N3O4/c1-26-17-10-13(11-18(27-2)21(17)28-3)12-19(25)24-8-6-15-16(7-9-24)22-23-20(15)14-4-5-14/h10-11,14H,4-9,12H2,1-3H3,(H,22,23). The molecule has 0 saturated heterocycles. The Morgan fingerprint density at radius 1 is 1.11 bits per heavy atom. The van der Waals surface area contributed by atoms with E-state index in [0.717, 1.165) is 24.9 Å². The van der Waals surface area contributed by atoms with E-state index in [0.29, 0.717) is 36.1 Å². The molecular weight excluding hydrogens is 358 g/mol. The van der Waals surface area contributed by atoms with Gasteiger partial charge in [-0.1, -0.05) is 0 Å². The Morgan fingerprint density at radius 3 is 2.39 bits per heavy atom. The summed E-state index contributed by atoms with van der Waals surface area (Å²) in [6.07, 6.45) is 4.48. The highest BCUT2D eigenvalue weighted by atomic mass is 16.5. The number of methoxy groups -OCH3 is 3. The fourth-order valence-electron chi connectivity index (χ4n) is 3.98. The van der Waals surface area contributed by atoms with E-state index in [4.69, 9.17) is 14.2 Å². The number of hydrogen-bond acceptors (Lipinski definition) is 5. The van der Waals surface area contributed by atoms with E-state index in [1.165, 1.54) is 29.8 Å². The van der Waals surface area contributed by atoms with E-state index in [-0.39, 0.29) is 5.91 Å². The zero-order valence-electron chi connectivity index (χ0n) is 16.7. The van der Waals surface area contributed by atoms with Crippen LogP contribution in [-0.4, -0.2) is 55.4 Å². The van der Waals surface area contributed by atoms with Crippen molar-refractivity contribution < 1.29 is 19.0 Å². The van der Waals surface area contributed by atoms with Crippen LogP contribution in [0.5, 0.6) is 17.2 Å². The fourth-order valence-corrected chi connectivity index (χ4v) is 3.98. The molecule has 2 aliphatic rings. The highest BCUT2D eigenvalue weighted by Gasteiger charge is 2.31. The van der Waals surface area contributed by atoms with Gasteiger partial charge in [0.25, 0.3) is 0 Å². The van der Waals surface area contributed by atoms with E-state index in [1.54, 1.807) is 21.3 Å². The maximum Gasteiger partial charge on any atom is 0.227 e. The van der Waals surface area contributed by atoms with Crippen LogP contribution in [0.4, 0.5) is 0 Å². The molecule has 1 saturated carbocycles. The molecule has 1 aliphatic heterocycles. The van der Waals surface area contributed by atoms with Gasteiger partial charge in [-0.05, 0) is 42.5 Å². The van der Waals surface area contributed by atoms with E-state index in [1.807, 2.05) is 17.0 Å². The molecule has 28 heavy (non-hydrogen) atoms. The SMILES string of the molecule is COc1cc(CC(=O)N2CCc3[nH]nc(C4CC4)c3CC2)cc(OC)c1OC. The maximum absolute atomic E-state index is 13.0. The van der Waals surface area contributed by atoms with Crippen molar-refractivity contribution in [2.75, 3.05) is 34.4 Å². The van der Waals surface area contributed by atoms with Gasteiger partial charge >= 0.3 is 0 Å². The van der Waals surface area contributed by atoms with Crippen LogP contribution in [-0.2, 0) is 24.1 Å². The van der Waals surface area contributed by atoms with Crippen LogP contribution in [0.2, 0.25) is 0 Å². The highest BCUT2D eigenvalue weighted by molar-refractivity contribution is 5.79. The smallest absolute Gasteiger partial charge is 0.227 e. The summed E-state index contributed by atoms with van der Waals surface area (Å²) in [6.45, 7) is 1.44. The van der Waals surface area contributed by atoms with Gasteiger partial charge < -0.3 is 19.1 Å². The largest absolute Gasteiger partial charge is 0.493 e. The molecule has 0 bridgehead atoms. The Bertz CT molecular complexity index is 848. The average Bonchev–Trinajstić information content (AvgIpc) is 3.51. The Kier molecular flexibility index (Phi) is 5.15. The molecule has 1 amide bonds. The molecule has 0 radical (unpaired) electrons. The normalized spacial score (nSPS) is 16.3. The van der Waals surface area contributed by atoms with Crippen molar-refractivity contribution >= 4 is 5.91 Å². The summed E-state index contributed by atoms with van der Waals surface area (Å²) in [6, 6.07) is 3.68. The van der Waals surface area contributed by atoms with Gasteiger partial charge in [-0.2, -0.15) is 5.10 Å². The summed E-state index contributed by atoms with van der Waals surface area (Å²) >= 11 is 0. The Hall–Kier alpha value is -2.70. The summed E-state index contributed by atoms with van der Waals surface area (Å²) in [5, 5.41) is 7.73. The van der Waals surface area contributed by atoms with Gasteiger partial charge in [0.15, 0.2) is 11.5 Å². The molecule has 1 fully saturated rings.